The number of aromatic nitrogens is 3. The molecule has 2 aromatic heterocycles. The highest BCUT2D eigenvalue weighted by atomic mass is 35.5. The molecule has 2 saturated heterocycles. The number of benzene rings is 4. The Bertz CT molecular complexity index is 2790. The zero-order valence-electron chi connectivity index (χ0n) is 36.8. The number of aliphatic carboxylic acids is 1. The predicted octanol–water partition coefficient (Wildman–Crippen LogP) is 12.1. The minimum atomic E-state index is -5.08. The molecule has 6 aromatic rings. The van der Waals surface area contributed by atoms with Gasteiger partial charge in [0, 0.05) is 42.2 Å². The van der Waals surface area contributed by atoms with Gasteiger partial charge in [0.2, 0.25) is 0 Å². The summed E-state index contributed by atoms with van der Waals surface area (Å²) < 4.78 is 86.9. The van der Waals surface area contributed by atoms with E-state index in [-0.39, 0.29) is 57.2 Å². The first kappa shape index (κ1) is 56.8. The molecule has 2 aliphatic heterocycles. The van der Waals surface area contributed by atoms with Gasteiger partial charge in [0.05, 0.1) is 74.8 Å². The number of anilines is 3. The largest absolute Gasteiger partial charge is 0.493 e. The molecule has 0 spiro atoms. The Morgan fingerprint density at radius 1 is 0.757 bits per heavy atom. The number of hydrogen-bond acceptors (Lipinski definition) is 13. The van der Waals surface area contributed by atoms with E-state index in [0.717, 1.165) is 24.0 Å². The number of halogens is 10. The summed E-state index contributed by atoms with van der Waals surface area (Å²) >= 11 is 28.8. The van der Waals surface area contributed by atoms with Crippen molar-refractivity contribution in [1.82, 2.24) is 25.2 Å². The molecule has 0 radical (unpaired) electrons. The van der Waals surface area contributed by atoms with Crippen LogP contribution in [0.5, 0.6) is 23.0 Å². The van der Waals surface area contributed by atoms with Crippen molar-refractivity contribution in [2.75, 3.05) is 51.4 Å². The van der Waals surface area contributed by atoms with Crippen LogP contribution in [0.2, 0.25) is 25.1 Å². The average Bonchev–Trinajstić information content (AvgIpc) is 3.26. The first-order chi connectivity index (χ1) is 32.4. The quantitative estimate of drug-likeness (QED) is 0.0639. The van der Waals surface area contributed by atoms with Gasteiger partial charge in [-0.3, -0.25) is 4.98 Å². The summed E-state index contributed by atoms with van der Waals surface area (Å²) in [5, 5.41) is 15.3. The van der Waals surface area contributed by atoms with Crippen LogP contribution >= 0.6 is 58.0 Å². The topological polar surface area (TPSA) is 193 Å². The monoisotopic (exact) mass is 1080 g/mol. The third-order valence-corrected chi connectivity index (χ3v) is 11.2. The predicted molar refractivity (Wildman–Crippen MR) is 260 cm³/mol. The number of likely N-dealkylation sites (tertiary alicyclic amines) is 1. The number of carbonyl (C=O) groups is 2. The number of methoxy groups -OCH3 is 2. The number of nitrogen functional groups attached to an aromatic ring is 1. The van der Waals surface area contributed by atoms with Crippen molar-refractivity contribution in [2.45, 2.75) is 52.2 Å². The minimum absolute atomic E-state index is 0. The normalized spacial score (nSPS) is 13.3. The minimum Gasteiger partial charge on any atom is -0.493 e. The molecule has 4 aromatic carbocycles. The maximum atomic E-state index is 14.4. The third-order valence-electron chi connectivity index (χ3n) is 9.32. The first-order valence-electron chi connectivity index (χ1n) is 20.0. The van der Waals surface area contributed by atoms with Gasteiger partial charge in [0.25, 0.3) is 0 Å². The van der Waals surface area contributed by atoms with Crippen LogP contribution in [0.3, 0.4) is 0 Å². The number of nitrogens with one attached hydrogen (secondary N) is 2. The SMILES string of the molecule is C.COc1cc2nccc(Cl)c2cc1OC1CN(C(=O)OC(C)(C)C)C1.COc1cc2ncnc(Nc3ccc(Cl)c(Cl)c3F)c2cc1OC1CNC1.Nc1ccc(Cl)c(Cl)c1F.O=C(O)C(F)(F)F. The first-order valence-corrected chi connectivity index (χ1v) is 21.9. The van der Waals surface area contributed by atoms with Gasteiger partial charge in [-0.25, -0.2) is 28.3 Å². The highest BCUT2D eigenvalue weighted by Gasteiger charge is 2.38. The molecule has 1 amide bonds. The molecule has 8 rings (SSSR count). The summed E-state index contributed by atoms with van der Waals surface area (Å²) in [6, 6.07) is 14.7. The molecule has 0 saturated carbocycles. The van der Waals surface area contributed by atoms with Crippen molar-refractivity contribution in [2.24, 2.45) is 0 Å². The van der Waals surface area contributed by atoms with Gasteiger partial charge in [0.1, 0.15) is 30.0 Å². The van der Waals surface area contributed by atoms with Crippen molar-refractivity contribution >= 4 is 109 Å². The number of pyridine rings is 1. The fraction of sp³-hybridized carbons (Fsp3) is 0.311. The summed E-state index contributed by atoms with van der Waals surface area (Å²) in [6.45, 7) is 8.01. The Balaban J connectivity index is 0.000000228. The zero-order valence-corrected chi connectivity index (χ0v) is 40.6. The van der Waals surface area contributed by atoms with E-state index in [1.54, 1.807) is 49.6 Å². The summed E-state index contributed by atoms with van der Waals surface area (Å²) in [5.74, 6) is -1.35. The number of alkyl halides is 3. The van der Waals surface area contributed by atoms with Gasteiger partial charge in [-0.05, 0) is 63.2 Å². The smallest absolute Gasteiger partial charge is 0.490 e. The molecular formula is C45H45Cl5F5N7O8. The summed E-state index contributed by atoms with van der Waals surface area (Å²) in [6.07, 6.45) is -2.42. The van der Waals surface area contributed by atoms with Crippen LogP contribution in [-0.4, -0.2) is 101 Å². The highest BCUT2D eigenvalue weighted by molar-refractivity contribution is 6.42. The van der Waals surface area contributed by atoms with Crippen LogP contribution in [0.1, 0.15) is 28.2 Å². The number of fused-ring (bicyclic) bond motifs is 2. The van der Waals surface area contributed by atoms with E-state index in [1.165, 1.54) is 30.6 Å². The van der Waals surface area contributed by atoms with Gasteiger partial charge in [-0.15, -0.1) is 0 Å². The van der Waals surface area contributed by atoms with Crippen molar-refractivity contribution in [3.8, 4) is 23.0 Å². The molecule has 2 fully saturated rings. The molecule has 0 bridgehead atoms. The second kappa shape index (κ2) is 24.4. The lowest BCUT2D eigenvalue weighted by atomic mass is 10.1. The molecule has 5 N–H and O–H groups in total. The number of rotatable bonds is 8. The third kappa shape index (κ3) is 14.9. The molecule has 4 heterocycles. The molecule has 378 valence electrons. The number of carboxylic acids is 1. The summed E-state index contributed by atoms with van der Waals surface area (Å²) in [4.78, 5) is 35.3. The molecule has 0 unspecified atom stereocenters. The number of hydrogen-bond donors (Lipinski definition) is 4. The number of nitrogens with two attached hydrogens (primary N) is 1. The van der Waals surface area contributed by atoms with Crippen LogP contribution in [0.4, 0.5) is 43.9 Å². The number of carbonyl (C=O) groups excluding carboxylic acids is 1. The summed E-state index contributed by atoms with van der Waals surface area (Å²) in [5.41, 5.74) is 6.20. The van der Waals surface area contributed by atoms with Crippen molar-refractivity contribution in [3.63, 3.8) is 0 Å². The van der Waals surface area contributed by atoms with E-state index in [9.17, 15) is 26.7 Å². The Labute approximate surface area is 423 Å². The van der Waals surface area contributed by atoms with Gasteiger partial charge in [-0.1, -0.05) is 65.4 Å². The van der Waals surface area contributed by atoms with Crippen LogP contribution in [-0.2, 0) is 9.53 Å². The standard InChI is InChI=1S/C18H15Cl2FN4O2.C18H21ClN2O4.C6H4Cl2FN.C2HF3O2.CH4/c1-26-14-5-13-10(4-15(14)27-9-6-22-7-9)18(24-8-23-13)25-12-3-2-11(19)16(20)17(12)21;1-18(2,3)25-17(22)21-9-11(10-21)24-16-7-12-13(19)5-6-20-14(12)8-15(16)23-4;7-3-1-2-4(10)6(9)5(3)8;3-2(4,5)1(6)7;/h2-5,8-9,22H,6-7H2,1H3,(H,23,24,25);5-8,11H,9-10H2,1-4H3;1-2H,10H2;(H,6,7);1H4. The summed E-state index contributed by atoms with van der Waals surface area (Å²) in [7, 11) is 3.14. The zero-order chi connectivity index (χ0) is 51.0. The lowest BCUT2D eigenvalue weighted by molar-refractivity contribution is -0.192. The second-order valence-corrected chi connectivity index (χ2v) is 17.5. The van der Waals surface area contributed by atoms with E-state index in [4.69, 9.17) is 97.3 Å². The van der Waals surface area contributed by atoms with Crippen LogP contribution in [0.25, 0.3) is 21.8 Å². The fourth-order valence-electron chi connectivity index (χ4n) is 5.77. The molecule has 0 aliphatic carbocycles. The van der Waals surface area contributed by atoms with E-state index in [2.05, 4.69) is 25.6 Å². The van der Waals surface area contributed by atoms with Gasteiger partial charge in [0.15, 0.2) is 34.6 Å². The maximum Gasteiger partial charge on any atom is 0.490 e. The van der Waals surface area contributed by atoms with Gasteiger partial charge >= 0.3 is 18.2 Å². The number of nitrogens with zero attached hydrogens (tertiary/aromatic N) is 4. The molecule has 0 atom stereocenters. The number of carboxylic acid groups (broad SMARTS) is 1. The van der Waals surface area contributed by atoms with Crippen LogP contribution in [0.15, 0.2) is 67.1 Å². The molecule has 70 heavy (non-hydrogen) atoms. The Hall–Kier alpha value is -5.77. The number of amides is 1. The molecule has 2 aliphatic rings. The van der Waals surface area contributed by atoms with Crippen LogP contribution < -0.4 is 35.3 Å². The van der Waals surface area contributed by atoms with Gasteiger partial charge < -0.3 is 50.1 Å². The lowest BCUT2D eigenvalue weighted by Crippen LogP contribution is -2.57. The van der Waals surface area contributed by atoms with E-state index >= 15 is 0 Å². The van der Waals surface area contributed by atoms with E-state index in [1.807, 2.05) is 26.8 Å². The van der Waals surface area contributed by atoms with Crippen molar-refractivity contribution in [1.29, 1.82) is 0 Å². The molecular weight excluding hydrogens is 1040 g/mol. The van der Waals surface area contributed by atoms with Crippen molar-refractivity contribution in [3.05, 3.63) is 104 Å². The lowest BCUT2D eigenvalue weighted by Gasteiger charge is -2.39. The molecule has 25 heteroatoms. The molecule has 15 nitrogen and oxygen atoms in total. The van der Waals surface area contributed by atoms with E-state index in [0.29, 0.717) is 57.8 Å². The second-order valence-electron chi connectivity index (χ2n) is 15.5. The Morgan fingerprint density at radius 2 is 1.29 bits per heavy atom. The Morgan fingerprint density at radius 3 is 1.80 bits per heavy atom. The van der Waals surface area contributed by atoms with E-state index < -0.39 is 29.4 Å². The van der Waals surface area contributed by atoms with Gasteiger partial charge in [-0.2, -0.15) is 13.2 Å². The fourth-order valence-corrected chi connectivity index (χ4v) is 6.61. The average molecular weight is 1080 g/mol. The van der Waals surface area contributed by atoms with Crippen LogP contribution in [0, 0.1) is 11.6 Å². The highest BCUT2D eigenvalue weighted by Crippen LogP contribution is 2.38. The maximum absolute atomic E-state index is 14.4. The Kier molecular flexibility index (Phi) is 19.8. The van der Waals surface area contributed by atoms with Crippen molar-refractivity contribution < 1.29 is 60.3 Å². The number of ether oxygens (including phenoxy) is 5.